The molecule has 1 N–H and O–H groups in total. The van der Waals surface area contributed by atoms with Gasteiger partial charge < -0.3 is 5.32 Å². The summed E-state index contributed by atoms with van der Waals surface area (Å²) >= 11 is 5.87. The van der Waals surface area contributed by atoms with Crippen molar-refractivity contribution < 1.29 is 0 Å². The lowest BCUT2D eigenvalue weighted by Crippen LogP contribution is -2.16. The van der Waals surface area contributed by atoms with Crippen molar-refractivity contribution in [2.45, 2.75) is 13.0 Å². The van der Waals surface area contributed by atoms with Gasteiger partial charge in [-0.25, -0.2) is 0 Å². The van der Waals surface area contributed by atoms with Gasteiger partial charge in [-0.1, -0.05) is 23.7 Å². The number of benzene rings is 1. The van der Waals surface area contributed by atoms with E-state index in [1.807, 2.05) is 30.5 Å². The van der Waals surface area contributed by atoms with Crippen molar-refractivity contribution in [3.05, 3.63) is 35.5 Å². The Morgan fingerprint density at radius 2 is 2.17 bits per heavy atom. The fraction of sp³-hybridized carbons (Fsp3) is 0.385. The highest BCUT2D eigenvalue weighted by Gasteiger charge is 2.16. The van der Waals surface area contributed by atoms with Crippen LogP contribution in [-0.4, -0.2) is 28.1 Å². The Morgan fingerprint density at radius 1 is 1.33 bits per heavy atom. The van der Waals surface area contributed by atoms with Gasteiger partial charge in [0.05, 0.1) is 12.7 Å². The van der Waals surface area contributed by atoms with Crippen LogP contribution < -0.4 is 5.32 Å². The van der Waals surface area contributed by atoms with Gasteiger partial charge in [0, 0.05) is 10.6 Å². The van der Waals surface area contributed by atoms with E-state index in [0.29, 0.717) is 5.92 Å². The molecule has 2 heterocycles. The minimum absolute atomic E-state index is 0.649. The van der Waals surface area contributed by atoms with Crippen LogP contribution in [0.3, 0.4) is 0 Å². The first-order valence-corrected chi connectivity index (χ1v) is 6.56. The minimum Gasteiger partial charge on any atom is -0.316 e. The molecule has 4 nitrogen and oxygen atoms in total. The first-order chi connectivity index (χ1) is 8.81. The summed E-state index contributed by atoms with van der Waals surface area (Å²) in [5.74, 6) is 0.649. The molecule has 18 heavy (non-hydrogen) atoms. The highest BCUT2D eigenvalue weighted by atomic mass is 35.5. The zero-order valence-electron chi connectivity index (χ0n) is 10.0. The maximum absolute atomic E-state index is 5.87. The Morgan fingerprint density at radius 3 is 2.89 bits per heavy atom. The molecule has 0 saturated carbocycles. The second-order valence-electron chi connectivity index (χ2n) is 4.65. The second-order valence-corrected chi connectivity index (χ2v) is 5.09. The Bertz CT molecular complexity index is 514. The SMILES string of the molecule is Clc1ccc(-c2cnn(CC3CCNC3)n2)cc1. The molecule has 1 saturated heterocycles. The molecular formula is C13H15ClN4. The topological polar surface area (TPSA) is 42.7 Å². The van der Waals surface area contributed by atoms with E-state index in [2.05, 4.69) is 15.5 Å². The molecule has 5 heteroatoms. The summed E-state index contributed by atoms with van der Waals surface area (Å²) in [5.41, 5.74) is 1.95. The number of rotatable bonds is 3. The Hall–Kier alpha value is -1.39. The van der Waals surface area contributed by atoms with Crippen LogP contribution in [0.5, 0.6) is 0 Å². The Labute approximate surface area is 111 Å². The molecule has 3 rings (SSSR count). The second kappa shape index (κ2) is 5.08. The molecule has 1 fully saturated rings. The number of halogens is 1. The van der Waals surface area contributed by atoms with E-state index in [4.69, 9.17) is 11.6 Å². The van der Waals surface area contributed by atoms with Crippen molar-refractivity contribution in [3.8, 4) is 11.3 Å². The number of nitrogens with one attached hydrogen (secondary N) is 1. The predicted octanol–water partition coefficient (Wildman–Crippen LogP) is 2.21. The number of nitrogens with zero attached hydrogens (tertiary/aromatic N) is 3. The van der Waals surface area contributed by atoms with Crippen LogP contribution >= 0.6 is 11.6 Å². The lowest BCUT2D eigenvalue weighted by molar-refractivity contribution is 0.412. The molecule has 1 unspecified atom stereocenters. The zero-order chi connectivity index (χ0) is 12.4. The van der Waals surface area contributed by atoms with Crippen LogP contribution in [-0.2, 0) is 6.54 Å². The summed E-state index contributed by atoms with van der Waals surface area (Å²) in [6.45, 7) is 3.06. The lowest BCUT2D eigenvalue weighted by Gasteiger charge is -2.05. The van der Waals surface area contributed by atoms with Crippen LogP contribution in [0.4, 0.5) is 0 Å². The smallest absolute Gasteiger partial charge is 0.113 e. The van der Waals surface area contributed by atoms with Crippen LogP contribution in [0.1, 0.15) is 6.42 Å². The first-order valence-electron chi connectivity index (χ1n) is 6.18. The van der Waals surface area contributed by atoms with Crippen LogP contribution in [0.2, 0.25) is 5.02 Å². The highest BCUT2D eigenvalue weighted by molar-refractivity contribution is 6.30. The van der Waals surface area contributed by atoms with E-state index < -0.39 is 0 Å². The normalized spacial score (nSPS) is 19.3. The molecule has 0 bridgehead atoms. The van der Waals surface area contributed by atoms with Crippen molar-refractivity contribution in [2.75, 3.05) is 13.1 Å². The Kier molecular flexibility index (Phi) is 3.30. The van der Waals surface area contributed by atoms with Gasteiger partial charge in [-0.3, -0.25) is 0 Å². The maximum Gasteiger partial charge on any atom is 0.113 e. The van der Waals surface area contributed by atoms with Gasteiger partial charge >= 0.3 is 0 Å². The van der Waals surface area contributed by atoms with Crippen molar-refractivity contribution >= 4 is 11.6 Å². The van der Waals surface area contributed by atoms with Crippen LogP contribution in [0.25, 0.3) is 11.3 Å². The fourth-order valence-electron chi connectivity index (χ4n) is 2.24. The molecular weight excluding hydrogens is 248 g/mol. The standard InChI is InChI=1S/C13H15ClN4/c14-12-3-1-11(2-4-12)13-8-16-18(17-13)9-10-5-6-15-7-10/h1-4,8,10,15H,5-7,9H2. The average molecular weight is 263 g/mol. The first kappa shape index (κ1) is 11.7. The van der Waals surface area contributed by atoms with E-state index in [1.54, 1.807) is 4.80 Å². The summed E-state index contributed by atoms with van der Waals surface area (Å²) in [7, 11) is 0. The average Bonchev–Trinajstić information content (AvgIpc) is 3.02. The summed E-state index contributed by atoms with van der Waals surface area (Å²) in [6.07, 6.45) is 3.02. The third-order valence-corrected chi connectivity index (χ3v) is 3.51. The van der Waals surface area contributed by atoms with Crippen molar-refractivity contribution in [3.63, 3.8) is 0 Å². The molecule has 1 aromatic carbocycles. The molecule has 2 aromatic rings. The van der Waals surface area contributed by atoms with Crippen LogP contribution in [0, 0.1) is 5.92 Å². The molecule has 94 valence electrons. The Balaban J connectivity index is 1.74. The highest BCUT2D eigenvalue weighted by Crippen LogP contribution is 2.19. The number of hydrogen-bond donors (Lipinski definition) is 1. The third kappa shape index (κ3) is 2.54. The fourth-order valence-corrected chi connectivity index (χ4v) is 2.37. The number of hydrogen-bond acceptors (Lipinski definition) is 3. The summed E-state index contributed by atoms with van der Waals surface area (Å²) < 4.78 is 0. The van der Waals surface area contributed by atoms with Crippen molar-refractivity contribution in [2.24, 2.45) is 5.92 Å². The summed E-state index contributed by atoms with van der Waals surface area (Å²) in [6, 6.07) is 7.68. The van der Waals surface area contributed by atoms with Crippen molar-refractivity contribution in [1.82, 2.24) is 20.3 Å². The molecule has 0 radical (unpaired) electrons. The summed E-state index contributed by atoms with van der Waals surface area (Å²) in [4.78, 5) is 1.79. The monoisotopic (exact) mass is 262 g/mol. The molecule has 0 aliphatic carbocycles. The minimum atomic E-state index is 0.649. The third-order valence-electron chi connectivity index (χ3n) is 3.26. The maximum atomic E-state index is 5.87. The van der Waals surface area contributed by atoms with Gasteiger partial charge in [-0.15, -0.1) is 0 Å². The zero-order valence-corrected chi connectivity index (χ0v) is 10.8. The summed E-state index contributed by atoms with van der Waals surface area (Å²) in [5, 5.41) is 12.9. The number of aromatic nitrogens is 3. The molecule has 1 aliphatic heterocycles. The van der Waals surface area contributed by atoms with E-state index >= 15 is 0 Å². The molecule has 1 aromatic heterocycles. The molecule has 1 aliphatic rings. The predicted molar refractivity (Wildman–Crippen MR) is 71.4 cm³/mol. The van der Waals surface area contributed by atoms with Gasteiger partial charge in [-0.05, 0) is 37.6 Å². The van der Waals surface area contributed by atoms with E-state index in [-0.39, 0.29) is 0 Å². The van der Waals surface area contributed by atoms with Gasteiger partial charge in [0.1, 0.15) is 5.69 Å². The lowest BCUT2D eigenvalue weighted by atomic mass is 10.1. The van der Waals surface area contributed by atoms with Gasteiger partial charge in [0.25, 0.3) is 0 Å². The molecule has 0 spiro atoms. The van der Waals surface area contributed by atoms with Gasteiger partial charge in [-0.2, -0.15) is 15.0 Å². The van der Waals surface area contributed by atoms with E-state index in [9.17, 15) is 0 Å². The largest absolute Gasteiger partial charge is 0.316 e. The quantitative estimate of drug-likeness (QED) is 0.922. The van der Waals surface area contributed by atoms with Gasteiger partial charge in [0.2, 0.25) is 0 Å². The van der Waals surface area contributed by atoms with E-state index in [0.717, 1.165) is 35.9 Å². The molecule has 1 atom stereocenters. The van der Waals surface area contributed by atoms with Gasteiger partial charge in [0.15, 0.2) is 0 Å². The van der Waals surface area contributed by atoms with Crippen LogP contribution in [0.15, 0.2) is 30.5 Å². The van der Waals surface area contributed by atoms with E-state index in [1.165, 1.54) is 6.42 Å². The molecule has 0 amide bonds. The van der Waals surface area contributed by atoms with Crippen molar-refractivity contribution in [1.29, 1.82) is 0 Å².